The molecule has 1 atom stereocenters. The van der Waals surface area contributed by atoms with Crippen molar-refractivity contribution in [2.24, 2.45) is 0 Å². The molecule has 0 fully saturated rings. The van der Waals surface area contributed by atoms with Gasteiger partial charge in [0.2, 0.25) is 5.95 Å². The summed E-state index contributed by atoms with van der Waals surface area (Å²) in [5.41, 5.74) is 2.83. The number of hydrogen-bond acceptors (Lipinski definition) is 3. The van der Waals surface area contributed by atoms with Crippen LogP contribution in [0.15, 0.2) is 60.9 Å². The minimum atomic E-state index is -0.217. The van der Waals surface area contributed by atoms with E-state index in [2.05, 4.69) is 21.5 Å². The highest BCUT2D eigenvalue weighted by Crippen LogP contribution is 2.38. The number of hydrogen-bond donors (Lipinski definition) is 1. The predicted molar refractivity (Wildman–Crippen MR) is 92.7 cm³/mol. The van der Waals surface area contributed by atoms with Crippen molar-refractivity contribution in [1.82, 2.24) is 14.8 Å². The van der Waals surface area contributed by atoms with E-state index in [0.29, 0.717) is 16.0 Å². The molecule has 0 spiro atoms. The van der Waals surface area contributed by atoms with Gasteiger partial charge in [-0.2, -0.15) is 10.1 Å². The molecule has 4 nitrogen and oxygen atoms in total. The van der Waals surface area contributed by atoms with Crippen LogP contribution < -0.4 is 5.32 Å². The van der Waals surface area contributed by atoms with Crippen molar-refractivity contribution in [2.75, 3.05) is 5.32 Å². The number of allylic oxidation sites excluding steroid dienone is 1. The summed E-state index contributed by atoms with van der Waals surface area (Å²) in [7, 11) is 0. The molecule has 0 amide bonds. The van der Waals surface area contributed by atoms with Gasteiger partial charge in [0.15, 0.2) is 0 Å². The maximum Gasteiger partial charge on any atom is 0.226 e. The monoisotopic (exact) mass is 342 g/mol. The molecule has 3 aromatic rings. The van der Waals surface area contributed by atoms with Crippen LogP contribution in [0.4, 0.5) is 5.95 Å². The van der Waals surface area contributed by atoms with E-state index < -0.39 is 0 Å². The molecule has 114 valence electrons. The van der Waals surface area contributed by atoms with E-state index in [1.165, 1.54) is 6.33 Å². The van der Waals surface area contributed by atoms with Gasteiger partial charge in [-0.15, -0.1) is 0 Å². The highest BCUT2D eigenvalue weighted by molar-refractivity contribution is 6.36. The fourth-order valence-electron chi connectivity index (χ4n) is 2.72. The van der Waals surface area contributed by atoms with Crippen LogP contribution in [0.3, 0.4) is 0 Å². The maximum absolute atomic E-state index is 6.39. The molecule has 6 heteroatoms. The number of fused-ring (bicyclic) bond motifs is 1. The van der Waals surface area contributed by atoms with E-state index in [1.807, 2.05) is 48.5 Å². The highest BCUT2D eigenvalue weighted by atomic mass is 35.5. The number of nitrogens with one attached hydrogen (secondary N) is 1. The first-order valence-corrected chi connectivity index (χ1v) is 7.87. The van der Waals surface area contributed by atoms with Gasteiger partial charge >= 0.3 is 0 Å². The Hall–Kier alpha value is -2.30. The summed E-state index contributed by atoms with van der Waals surface area (Å²) in [5, 5.41) is 8.81. The Morgan fingerprint density at radius 3 is 2.43 bits per heavy atom. The predicted octanol–water partition coefficient (Wildman–Crippen LogP) is 4.64. The van der Waals surface area contributed by atoms with Gasteiger partial charge in [-0.25, -0.2) is 4.68 Å². The van der Waals surface area contributed by atoms with Gasteiger partial charge in [0.1, 0.15) is 12.4 Å². The van der Waals surface area contributed by atoms with Crippen molar-refractivity contribution in [3.63, 3.8) is 0 Å². The standard InChI is InChI=1S/C17H12Cl2N4/c18-12-7-4-8-13(19)16(12)15-9-14(11-5-2-1-3-6-11)22-17-20-10-21-23(15)17/h1-10,15H,(H,20,21,22)/t15-/m1/s1. The summed E-state index contributed by atoms with van der Waals surface area (Å²) < 4.78 is 1.78. The van der Waals surface area contributed by atoms with Crippen LogP contribution in [0.2, 0.25) is 10.0 Å². The average Bonchev–Trinajstić information content (AvgIpc) is 3.04. The first kappa shape index (κ1) is 14.3. The van der Waals surface area contributed by atoms with E-state index >= 15 is 0 Å². The van der Waals surface area contributed by atoms with E-state index in [9.17, 15) is 0 Å². The highest BCUT2D eigenvalue weighted by Gasteiger charge is 2.26. The minimum absolute atomic E-state index is 0.217. The normalized spacial score (nSPS) is 16.4. The smallest absolute Gasteiger partial charge is 0.226 e. The molecule has 1 N–H and O–H groups in total. The third kappa shape index (κ3) is 2.50. The van der Waals surface area contributed by atoms with Crippen LogP contribution in [-0.2, 0) is 0 Å². The lowest BCUT2D eigenvalue weighted by Crippen LogP contribution is -2.20. The SMILES string of the molecule is Clc1cccc(Cl)c1[C@H]1C=C(c2ccccc2)Nc2ncnn21. The van der Waals surface area contributed by atoms with Crippen LogP contribution >= 0.6 is 23.2 Å². The van der Waals surface area contributed by atoms with Gasteiger partial charge in [0, 0.05) is 21.3 Å². The molecule has 2 heterocycles. The Morgan fingerprint density at radius 2 is 1.70 bits per heavy atom. The first-order valence-electron chi connectivity index (χ1n) is 7.12. The van der Waals surface area contributed by atoms with Gasteiger partial charge in [-0.05, 0) is 23.8 Å². The van der Waals surface area contributed by atoms with Crippen LogP contribution in [0.1, 0.15) is 17.2 Å². The third-order valence-electron chi connectivity index (χ3n) is 3.79. The summed E-state index contributed by atoms with van der Waals surface area (Å²) in [6.07, 6.45) is 3.58. The molecule has 0 saturated heterocycles. The Balaban J connectivity index is 1.89. The second-order valence-corrected chi connectivity index (χ2v) is 5.99. The van der Waals surface area contributed by atoms with Crippen LogP contribution in [0.5, 0.6) is 0 Å². The average molecular weight is 343 g/mol. The largest absolute Gasteiger partial charge is 0.324 e. The fourth-order valence-corrected chi connectivity index (χ4v) is 3.34. The van der Waals surface area contributed by atoms with E-state index in [0.717, 1.165) is 16.8 Å². The molecule has 1 aliphatic heterocycles. The summed E-state index contributed by atoms with van der Waals surface area (Å²) in [6.45, 7) is 0. The Bertz CT molecular complexity index is 866. The number of nitrogens with zero attached hydrogens (tertiary/aromatic N) is 3. The molecular weight excluding hydrogens is 331 g/mol. The van der Waals surface area contributed by atoms with Gasteiger partial charge in [0.25, 0.3) is 0 Å². The molecular formula is C17H12Cl2N4. The first-order chi connectivity index (χ1) is 11.2. The molecule has 0 saturated carbocycles. The molecule has 4 rings (SSSR count). The lowest BCUT2D eigenvalue weighted by molar-refractivity contribution is 0.612. The Labute approximate surface area is 143 Å². The molecule has 0 radical (unpaired) electrons. The summed E-state index contributed by atoms with van der Waals surface area (Å²) in [6, 6.07) is 15.3. The molecule has 1 aliphatic rings. The maximum atomic E-state index is 6.39. The van der Waals surface area contributed by atoms with Crippen LogP contribution in [0, 0.1) is 0 Å². The number of halogens is 2. The lowest BCUT2D eigenvalue weighted by Gasteiger charge is -2.25. The summed E-state index contributed by atoms with van der Waals surface area (Å²) in [4.78, 5) is 4.28. The van der Waals surface area contributed by atoms with Crippen molar-refractivity contribution >= 4 is 34.8 Å². The fraction of sp³-hybridized carbons (Fsp3) is 0.0588. The molecule has 0 bridgehead atoms. The zero-order chi connectivity index (χ0) is 15.8. The van der Waals surface area contributed by atoms with Gasteiger partial charge in [-0.3, -0.25) is 0 Å². The van der Waals surface area contributed by atoms with Crippen molar-refractivity contribution in [3.8, 4) is 0 Å². The summed E-state index contributed by atoms with van der Waals surface area (Å²) >= 11 is 12.8. The lowest BCUT2D eigenvalue weighted by atomic mass is 10.0. The second kappa shape index (κ2) is 5.72. The van der Waals surface area contributed by atoms with E-state index in [4.69, 9.17) is 23.2 Å². The number of anilines is 1. The molecule has 0 aliphatic carbocycles. The Kier molecular flexibility index (Phi) is 3.56. The second-order valence-electron chi connectivity index (χ2n) is 5.18. The van der Waals surface area contributed by atoms with Crippen molar-refractivity contribution in [3.05, 3.63) is 82.1 Å². The third-order valence-corrected chi connectivity index (χ3v) is 4.45. The van der Waals surface area contributed by atoms with Gasteiger partial charge in [0.05, 0.1) is 0 Å². The van der Waals surface area contributed by atoms with Crippen molar-refractivity contribution < 1.29 is 0 Å². The zero-order valence-electron chi connectivity index (χ0n) is 11.9. The van der Waals surface area contributed by atoms with Gasteiger partial charge in [-0.1, -0.05) is 59.6 Å². The Morgan fingerprint density at radius 1 is 0.957 bits per heavy atom. The molecule has 2 aromatic carbocycles. The number of aromatic nitrogens is 3. The van der Waals surface area contributed by atoms with Gasteiger partial charge < -0.3 is 5.32 Å². The molecule has 0 unspecified atom stereocenters. The van der Waals surface area contributed by atoms with Crippen LogP contribution in [-0.4, -0.2) is 14.8 Å². The topological polar surface area (TPSA) is 42.7 Å². The molecule has 1 aromatic heterocycles. The van der Waals surface area contributed by atoms with E-state index in [1.54, 1.807) is 4.68 Å². The van der Waals surface area contributed by atoms with Crippen LogP contribution in [0.25, 0.3) is 5.70 Å². The minimum Gasteiger partial charge on any atom is -0.324 e. The van der Waals surface area contributed by atoms with Crippen molar-refractivity contribution in [2.45, 2.75) is 6.04 Å². The zero-order valence-corrected chi connectivity index (χ0v) is 13.5. The van der Waals surface area contributed by atoms with Crippen molar-refractivity contribution in [1.29, 1.82) is 0 Å². The quantitative estimate of drug-likeness (QED) is 0.737. The summed E-state index contributed by atoms with van der Waals surface area (Å²) in [5.74, 6) is 0.660. The number of benzene rings is 2. The number of rotatable bonds is 2. The molecule has 23 heavy (non-hydrogen) atoms. The van der Waals surface area contributed by atoms with E-state index in [-0.39, 0.29) is 6.04 Å².